The monoisotopic (exact) mass is 186 g/mol. The average Bonchev–Trinajstić information content (AvgIpc) is 2.47. The molecule has 0 atom stereocenters. The summed E-state index contributed by atoms with van der Waals surface area (Å²) in [6.45, 7) is 0. The van der Waals surface area contributed by atoms with E-state index in [0.717, 1.165) is 30.4 Å². The number of fused-ring (bicyclic) bond motifs is 1. The van der Waals surface area contributed by atoms with Gasteiger partial charge in [0.05, 0.1) is 5.56 Å². The molecule has 1 aromatic rings. The zero-order chi connectivity index (χ0) is 9.47. The van der Waals surface area contributed by atoms with E-state index < -0.39 is 11.7 Å². The first-order chi connectivity index (χ1) is 6.07. The second-order valence-corrected chi connectivity index (χ2v) is 3.33. The minimum Gasteiger partial charge on any atom is -0.166 e. The normalized spacial score (nSPS) is 15.9. The molecule has 70 valence electrons. The fraction of sp³-hybridized carbons (Fsp3) is 0.400. The van der Waals surface area contributed by atoms with Crippen LogP contribution in [0.5, 0.6) is 0 Å². The molecule has 0 saturated heterocycles. The molecule has 0 unspecified atom stereocenters. The first kappa shape index (κ1) is 8.60. The molecule has 13 heavy (non-hydrogen) atoms. The van der Waals surface area contributed by atoms with Crippen LogP contribution in [0.25, 0.3) is 0 Å². The number of alkyl halides is 3. The smallest absolute Gasteiger partial charge is 0.166 e. The first-order valence-electron chi connectivity index (χ1n) is 4.26. The van der Waals surface area contributed by atoms with Crippen molar-refractivity contribution in [1.29, 1.82) is 0 Å². The van der Waals surface area contributed by atoms with E-state index in [0.29, 0.717) is 0 Å². The molecular weight excluding hydrogens is 177 g/mol. The van der Waals surface area contributed by atoms with Crippen molar-refractivity contribution in [2.45, 2.75) is 25.4 Å². The number of benzene rings is 1. The zero-order valence-corrected chi connectivity index (χ0v) is 6.99. The Hall–Kier alpha value is -0.990. The molecule has 0 fully saturated rings. The first-order valence-corrected chi connectivity index (χ1v) is 4.26. The second-order valence-electron chi connectivity index (χ2n) is 3.33. The van der Waals surface area contributed by atoms with Crippen molar-refractivity contribution in [1.82, 2.24) is 0 Å². The van der Waals surface area contributed by atoms with E-state index in [9.17, 15) is 13.2 Å². The van der Waals surface area contributed by atoms with Crippen LogP contribution in [0.2, 0.25) is 0 Å². The van der Waals surface area contributed by atoms with Gasteiger partial charge in [0.15, 0.2) is 0 Å². The molecule has 0 aromatic heterocycles. The Morgan fingerprint density at radius 3 is 2.38 bits per heavy atom. The van der Waals surface area contributed by atoms with Gasteiger partial charge in [0.1, 0.15) is 0 Å². The van der Waals surface area contributed by atoms with Crippen molar-refractivity contribution in [3.05, 3.63) is 34.9 Å². The maximum absolute atomic E-state index is 12.3. The highest BCUT2D eigenvalue weighted by Gasteiger charge is 2.31. The highest BCUT2D eigenvalue weighted by molar-refractivity contribution is 5.36. The van der Waals surface area contributed by atoms with Gasteiger partial charge in [0, 0.05) is 0 Å². The van der Waals surface area contributed by atoms with Gasteiger partial charge in [-0.3, -0.25) is 0 Å². The van der Waals surface area contributed by atoms with Crippen LogP contribution in [0, 0.1) is 0 Å². The number of hydrogen-bond acceptors (Lipinski definition) is 0. The molecule has 0 heterocycles. The Labute approximate surface area is 74.4 Å². The summed E-state index contributed by atoms with van der Waals surface area (Å²) < 4.78 is 36.8. The lowest BCUT2D eigenvalue weighted by atomic mass is 10.1. The van der Waals surface area contributed by atoms with Gasteiger partial charge in [-0.05, 0) is 42.5 Å². The molecule has 2 rings (SSSR count). The number of hydrogen-bond donors (Lipinski definition) is 0. The van der Waals surface area contributed by atoms with E-state index in [-0.39, 0.29) is 0 Å². The summed E-state index contributed by atoms with van der Waals surface area (Å²) >= 11 is 0. The molecule has 1 aromatic carbocycles. The average molecular weight is 186 g/mol. The van der Waals surface area contributed by atoms with Gasteiger partial charge in [-0.25, -0.2) is 0 Å². The summed E-state index contributed by atoms with van der Waals surface area (Å²) in [5.41, 5.74) is 1.43. The minimum absolute atomic E-state index is 0.520. The standard InChI is InChI=1S/C10H9F3/c11-10(12,13)9-5-4-7-2-1-3-8(7)6-9/h4-6H,1-3H2. The molecule has 3 heteroatoms. The van der Waals surface area contributed by atoms with Crippen LogP contribution in [0.3, 0.4) is 0 Å². The molecule has 0 saturated carbocycles. The van der Waals surface area contributed by atoms with Crippen molar-refractivity contribution in [2.24, 2.45) is 0 Å². The number of rotatable bonds is 0. The van der Waals surface area contributed by atoms with E-state index in [2.05, 4.69) is 0 Å². The van der Waals surface area contributed by atoms with E-state index in [1.54, 1.807) is 6.07 Å². The third kappa shape index (κ3) is 1.55. The fourth-order valence-electron chi connectivity index (χ4n) is 1.75. The van der Waals surface area contributed by atoms with E-state index >= 15 is 0 Å². The molecule has 1 aliphatic rings. The molecule has 0 nitrogen and oxygen atoms in total. The molecule has 0 N–H and O–H groups in total. The summed E-state index contributed by atoms with van der Waals surface area (Å²) in [5, 5.41) is 0. The highest BCUT2D eigenvalue weighted by Crippen LogP contribution is 2.32. The van der Waals surface area contributed by atoms with Crippen LogP contribution >= 0.6 is 0 Å². The van der Waals surface area contributed by atoms with Crippen LogP contribution < -0.4 is 0 Å². The van der Waals surface area contributed by atoms with Crippen LogP contribution in [0.4, 0.5) is 13.2 Å². The van der Waals surface area contributed by atoms with Gasteiger partial charge in [-0.2, -0.15) is 13.2 Å². The number of halogens is 3. The third-order valence-corrected chi connectivity index (χ3v) is 2.43. The number of aryl methyl sites for hydroxylation is 2. The van der Waals surface area contributed by atoms with Crippen LogP contribution in [0.15, 0.2) is 18.2 Å². The van der Waals surface area contributed by atoms with Crippen molar-refractivity contribution in [3.63, 3.8) is 0 Å². The zero-order valence-electron chi connectivity index (χ0n) is 6.99. The second kappa shape index (κ2) is 2.76. The Kier molecular flexibility index (Phi) is 1.82. The lowest BCUT2D eigenvalue weighted by Gasteiger charge is -2.08. The molecule has 0 amide bonds. The van der Waals surface area contributed by atoms with Crippen molar-refractivity contribution in [3.8, 4) is 0 Å². The van der Waals surface area contributed by atoms with Crippen molar-refractivity contribution >= 4 is 0 Å². The van der Waals surface area contributed by atoms with Crippen LogP contribution in [-0.2, 0) is 19.0 Å². The molecular formula is C10H9F3. The van der Waals surface area contributed by atoms with Crippen molar-refractivity contribution in [2.75, 3.05) is 0 Å². The third-order valence-electron chi connectivity index (χ3n) is 2.43. The molecule has 1 aliphatic carbocycles. The van der Waals surface area contributed by atoms with Crippen molar-refractivity contribution < 1.29 is 13.2 Å². The summed E-state index contributed by atoms with van der Waals surface area (Å²) in [6, 6.07) is 4.05. The predicted molar refractivity (Wildman–Crippen MR) is 43.5 cm³/mol. The molecule has 0 aliphatic heterocycles. The maximum atomic E-state index is 12.3. The largest absolute Gasteiger partial charge is 0.416 e. The van der Waals surface area contributed by atoms with Gasteiger partial charge in [-0.15, -0.1) is 0 Å². The SMILES string of the molecule is FC(F)(F)c1ccc2c(c1)CCC2. The van der Waals surface area contributed by atoms with E-state index in [1.807, 2.05) is 0 Å². The Morgan fingerprint density at radius 2 is 1.69 bits per heavy atom. The molecule has 0 spiro atoms. The predicted octanol–water partition coefficient (Wildman–Crippen LogP) is 3.19. The van der Waals surface area contributed by atoms with Gasteiger partial charge >= 0.3 is 6.18 Å². The molecule has 0 bridgehead atoms. The maximum Gasteiger partial charge on any atom is 0.416 e. The summed E-state index contributed by atoms with van der Waals surface area (Å²) in [4.78, 5) is 0. The van der Waals surface area contributed by atoms with Gasteiger partial charge in [-0.1, -0.05) is 6.07 Å². The van der Waals surface area contributed by atoms with Gasteiger partial charge in [0.2, 0.25) is 0 Å². The summed E-state index contributed by atoms with van der Waals surface area (Å²) in [7, 11) is 0. The molecule has 0 radical (unpaired) electrons. The summed E-state index contributed by atoms with van der Waals surface area (Å²) in [6.07, 6.45) is -1.50. The van der Waals surface area contributed by atoms with E-state index in [1.165, 1.54) is 12.1 Å². The lowest BCUT2D eigenvalue weighted by Crippen LogP contribution is -2.05. The lowest BCUT2D eigenvalue weighted by molar-refractivity contribution is -0.137. The Bertz CT molecular complexity index is 325. The fourth-order valence-corrected chi connectivity index (χ4v) is 1.75. The Morgan fingerprint density at radius 1 is 1.00 bits per heavy atom. The van der Waals surface area contributed by atoms with E-state index in [4.69, 9.17) is 0 Å². The summed E-state index contributed by atoms with van der Waals surface area (Å²) in [5.74, 6) is 0. The van der Waals surface area contributed by atoms with Gasteiger partial charge in [0.25, 0.3) is 0 Å². The van der Waals surface area contributed by atoms with Gasteiger partial charge < -0.3 is 0 Å². The topological polar surface area (TPSA) is 0 Å². The van der Waals surface area contributed by atoms with Crippen LogP contribution in [-0.4, -0.2) is 0 Å². The minimum atomic E-state index is -4.20. The van der Waals surface area contributed by atoms with Crippen LogP contribution in [0.1, 0.15) is 23.1 Å². The highest BCUT2D eigenvalue weighted by atomic mass is 19.4. The quantitative estimate of drug-likeness (QED) is 0.583. The Balaban J connectivity index is 2.42.